The fourth-order valence-corrected chi connectivity index (χ4v) is 4.79. The summed E-state index contributed by atoms with van der Waals surface area (Å²) in [7, 11) is 0. The number of carboxylic acids is 1. The molecular weight excluding hydrogens is 415 g/mol. The van der Waals surface area contributed by atoms with Crippen LogP contribution in [-0.4, -0.2) is 20.6 Å². The number of benzene rings is 4. The van der Waals surface area contributed by atoms with Crippen LogP contribution >= 0.6 is 0 Å². The van der Waals surface area contributed by atoms with Crippen LogP contribution in [0.15, 0.2) is 84.9 Å². The van der Waals surface area contributed by atoms with E-state index in [2.05, 4.69) is 18.2 Å². The highest BCUT2D eigenvalue weighted by Crippen LogP contribution is 2.42. The van der Waals surface area contributed by atoms with Crippen LogP contribution in [0.4, 0.5) is 4.39 Å². The number of imidazole rings is 1. The molecule has 0 atom stereocenters. The van der Waals surface area contributed by atoms with Gasteiger partial charge < -0.3 is 9.67 Å². The highest BCUT2D eigenvalue weighted by atomic mass is 19.1. The summed E-state index contributed by atoms with van der Waals surface area (Å²) in [5.74, 6) is -0.598. The molecule has 0 unspecified atom stereocenters. The third-order valence-electron chi connectivity index (χ3n) is 6.37. The van der Waals surface area contributed by atoms with Crippen molar-refractivity contribution in [2.75, 3.05) is 0 Å². The number of carbonyl (C=O) groups is 1. The second-order valence-electron chi connectivity index (χ2n) is 8.29. The summed E-state index contributed by atoms with van der Waals surface area (Å²) in [6.07, 6.45) is 0.797. The molecule has 0 saturated heterocycles. The summed E-state index contributed by atoms with van der Waals surface area (Å²) in [5, 5.41) is 9.53. The zero-order valence-electron chi connectivity index (χ0n) is 17.6. The van der Waals surface area contributed by atoms with E-state index in [-0.39, 0.29) is 17.9 Å². The van der Waals surface area contributed by atoms with Gasteiger partial charge in [-0.15, -0.1) is 0 Å². The summed E-state index contributed by atoms with van der Waals surface area (Å²) in [5.41, 5.74) is 7.88. The van der Waals surface area contributed by atoms with Crippen LogP contribution in [0.5, 0.6) is 0 Å². The second kappa shape index (κ2) is 7.41. The standard InChI is InChI=1S/C28H19FN2O2/c29-24-11-4-2-7-19(24)16-31-26-15-18(28(32)33)12-13-25(26)30-27(31)22-10-5-9-21-20-8-3-1-6-17(20)14-23(21)22/h1-13,15H,14,16H2,(H,32,33). The van der Waals surface area contributed by atoms with Crippen molar-refractivity contribution in [3.63, 3.8) is 0 Å². The van der Waals surface area contributed by atoms with E-state index in [0.717, 1.165) is 12.0 Å². The number of aromatic carboxylic acids is 1. The van der Waals surface area contributed by atoms with E-state index in [1.165, 1.54) is 28.3 Å². The SMILES string of the molecule is O=C(O)c1ccc2nc(-c3cccc4c3Cc3ccccc3-4)n(Cc3ccccc3F)c2c1. The van der Waals surface area contributed by atoms with E-state index in [9.17, 15) is 14.3 Å². The number of nitrogens with zero attached hydrogens (tertiary/aromatic N) is 2. The topological polar surface area (TPSA) is 55.1 Å². The summed E-state index contributed by atoms with van der Waals surface area (Å²) in [6, 6.07) is 26.1. The number of halogens is 1. The van der Waals surface area contributed by atoms with Crippen molar-refractivity contribution in [3.8, 4) is 22.5 Å². The van der Waals surface area contributed by atoms with E-state index in [4.69, 9.17) is 4.98 Å². The first-order valence-corrected chi connectivity index (χ1v) is 10.8. The highest BCUT2D eigenvalue weighted by Gasteiger charge is 2.24. The van der Waals surface area contributed by atoms with Crippen molar-refractivity contribution in [1.29, 1.82) is 0 Å². The molecule has 1 heterocycles. The van der Waals surface area contributed by atoms with Gasteiger partial charge >= 0.3 is 5.97 Å². The van der Waals surface area contributed by atoms with Crippen molar-refractivity contribution >= 4 is 17.0 Å². The van der Waals surface area contributed by atoms with Gasteiger partial charge in [-0.2, -0.15) is 0 Å². The summed E-state index contributed by atoms with van der Waals surface area (Å²) < 4.78 is 16.5. The molecule has 4 aromatic carbocycles. The van der Waals surface area contributed by atoms with Gasteiger partial charge in [-0.05, 0) is 52.9 Å². The Morgan fingerprint density at radius 1 is 0.909 bits per heavy atom. The fourth-order valence-electron chi connectivity index (χ4n) is 4.79. The van der Waals surface area contributed by atoms with Gasteiger partial charge in [0.25, 0.3) is 0 Å². The molecule has 1 N–H and O–H groups in total. The highest BCUT2D eigenvalue weighted by molar-refractivity contribution is 5.94. The zero-order chi connectivity index (χ0) is 22.5. The number of hydrogen-bond acceptors (Lipinski definition) is 2. The summed E-state index contributed by atoms with van der Waals surface area (Å²) >= 11 is 0. The van der Waals surface area contributed by atoms with Crippen LogP contribution in [0, 0.1) is 5.82 Å². The maximum Gasteiger partial charge on any atom is 0.335 e. The average Bonchev–Trinajstić information content (AvgIpc) is 3.38. The van der Waals surface area contributed by atoms with Gasteiger partial charge in [0.1, 0.15) is 11.6 Å². The number of aromatic nitrogens is 2. The Morgan fingerprint density at radius 2 is 1.67 bits per heavy atom. The van der Waals surface area contributed by atoms with Gasteiger partial charge in [0.2, 0.25) is 0 Å². The third-order valence-corrected chi connectivity index (χ3v) is 6.37. The Bertz CT molecular complexity index is 1570. The maximum atomic E-state index is 14.6. The minimum Gasteiger partial charge on any atom is -0.478 e. The smallest absolute Gasteiger partial charge is 0.335 e. The van der Waals surface area contributed by atoms with Gasteiger partial charge in [-0.25, -0.2) is 14.2 Å². The molecule has 5 aromatic rings. The monoisotopic (exact) mass is 434 g/mol. The van der Waals surface area contributed by atoms with Crippen LogP contribution in [0.25, 0.3) is 33.5 Å². The summed E-state index contributed by atoms with van der Waals surface area (Å²) in [4.78, 5) is 16.5. The van der Waals surface area contributed by atoms with Crippen LogP contribution in [-0.2, 0) is 13.0 Å². The average molecular weight is 434 g/mol. The lowest BCUT2D eigenvalue weighted by Gasteiger charge is -2.13. The molecule has 1 aliphatic carbocycles. The Labute approximate surface area is 189 Å². The minimum atomic E-state index is -1.01. The van der Waals surface area contributed by atoms with Crippen LogP contribution in [0.3, 0.4) is 0 Å². The molecule has 0 aliphatic heterocycles. The Morgan fingerprint density at radius 3 is 2.52 bits per heavy atom. The Hall–Kier alpha value is -4.25. The predicted molar refractivity (Wildman–Crippen MR) is 126 cm³/mol. The first-order valence-electron chi connectivity index (χ1n) is 10.8. The molecule has 0 fully saturated rings. The number of carboxylic acid groups (broad SMARTS) is 1. The molecule has 6 rings (SSSR count). The quantitative estimate of drug-likeness (QED) is 0.362. The largest absolute Gasteiger partial charge is 0.478 e. The van der Waals surface area contributed by atoms with Gasteiger partial charge in [0.05, 0.1) is 23.1 Å². The fraction of sp³-hybridized carbons (Fsp3) is 0.0714. The van der Waals surface area contributed by atoms with Crippen molar-refractivity contribution in [2.45, 2.75) is 13.0 Å². The van der Waals surface area contributed by atoms with Crippen molar-refractivity contribution in [3.05, 3.63) is 113 Å². The molecule has 160 valence electrons. The molecule has 0 bridgehead atoms. The zero-order valence-corrected chi connectivity index (χ0v) is 17.6. The predicted octanol–water partition coefficient (Wildman–Crippen LogP) is 6.16. The van der Waals surface area contributed by atoms with Crippen LogP contribution in [0.2, 0.25) is 0 Å². The van der Waals surface area contributed by atoms with Crippen LogP contribution < -0.4 is 0 Å². The van der Waals surface area contributed by atoms with Gasteiger partial charge in [0, 0.05) is 11.1 Å². The number of rotatable bonds is 4. The molecule has 0 saturated carbocycles. The van der Waals surface area contributed by atoms with Crippen molar-refractivity contribution < 1.29 is 14.3 Å². The van der Waals surface area contributed by atoms with Gasteiger partial charge in [-0.1, -0.05) is 60.7 Å². The summed E-state index contributed by atoms with van der Waals surface area (Å²) in [6.45, 7) is 0.248. The first-order chi connectivity index (χ1) is 16.1. The molecule has 1 aromatic heterocycles. The molecule has 1 aliphatic rings. The Kier molecular flexibility index (Phi) is 4.37. The third kappa shape index (κ3) is 3.12. The lowest BCUT2D eigenvalue weighted by molar-refractivity contribution is 0.0697. The number of fused-ring (bicyclic) bond motifs is 4. The lowest BCUT2D eigenvalue weighted by atomic mass is 10.0. The first kappa shape index (κ1) is 19.4. The minimum absolute atomic E-state index is 0.175. The lowest BCUT2D eigenvalue weighted by Crippen LogP contribution is -2.06. The van der Waals surface area contributed by atoms with E-state index in [1.54, 1.807) is 36.4 Å². The Balaban J connectivity index is 1.60. The van der Waals surface area contributed by atoms with E-state index in [1.807, 2.05) is 28.8 Å². The molecule has 33 heavy (non-hydrogen) atoms. The maximum absolute atomic E-state index is 14.6. The molecule has 0 amide bonds. The molecule has 0 radical (unpaired) electrons. The van der Waals surface area contributed by atoms with Crippen LogP contribution in [0.1, 0.15) is 27.0 Å². The van der Waals surface area contributed by atoms with E-state index < -0.39 is 5.97 Å². The molecular formula is C28H19FN2O2. The van der Waals surface area contributed by atoms with E-state index in [0.29, 0.717) is 22.4 Å². The van der Waals surface area contributed by atoms with E-state index >= 15 is 0 Å². The van der Waals surface area contributed by atoms with Gasteiger partial charge in [0.15, 0.2) is 0 Å². The molecule has 5 heteroatoms. The van der Waals surface area contributed by atoms with Crippen molar-refractivity contribution in [2.24, 2.45) is 0 Å². The van der Waals surface area contributed by atoms with Crippen molar-refractivity contribution in [1.82, 2.24) is 9.55 Å². The normalized spacial score (nSPS) is 12.0. The molecule has 4 nitrogen and oxygen atoms in total. The number of hydrogen-bond donors (Lipinski definition) is 1. The van der Waals surface area contributed by atoms with Gasteiger partial charge in [-0.3, -0.25) is 0 Å². The molecule has 0 spiro atoms. The second-order valence-corrected chi connectivity index (χ2v) is 8.29.